The summed E-state index contributed by atoms with van der Waals surface area (Å²) in [5.74, 6) is -0.430. The van der Waals surface area contributed by atoms with Gasteiger partial charge in [0.05, 0.1) is 12.7 Å². The highest BCUT2D eigenvalue weighted by atomic mass is 16.5. The van der Waals surface area contributed by atoms with Crippen molar-refractivity contribution in [2.75, 3.05) is 32.8 Å². The average molecular weight is 904 g/mol. The fraction of sp³-hybridized carbons (Fsp3) is 0.870. The number of rotatable bonds is 47. The molecule has 0 spiro atoms. The molecule has 0 aliphatic heterocycles. The van der Waals surface area contributed by atoms with Gasteiger partial charge in [-0.25, -0.2) is 0 Å². The van der Waals surface area contributed by atoms with Gasteiger partial charge in [-0.2, -0.15) is 0 Å². The predicted octanol–water partition coefficient (Wildman–Crippen LogP) is 13.7. The quantitative estimate of drug-likeness (QED) is 0.0435. The number of amides is 1. The zero-order valence-corrected chi connectivity index (χ0v) is 42.1. The second kappa shape index (κ2) is 43.0. The Morgan fingerprint density at radius 1 is 0.594 bits per heavy atom. The molecule has 0 bridgehead atoms. The molecule has 374 valence electrons. The third-order valence-corrected chi connectivity index (χ3v) is 12.8. The van der Waals surface area contributed by atoms with Crippen LogP contribution in [-0.4, -0.2) is 82.5 Å². The molecule has 0 saturated heterocycles. The van der Waals surface area contributed by atoms with Crippen LogP contribution in [0.5, 0.6) is 5.75 Å². The van der Waals surface area contributed by atoms with E-state index in [0.717, 1.165) is 116 Å². The number of carbonyl (C=O) groups excluding carboxylic acids is 3. The first-order valence-corrected chi connectivity index (χ1v) is 27.1. The Balaban J connectivity index is 2.44. The van der Waals surface area contributed by atoms with E-state index in [4.69, 9.17) is 9.47 Å². The molecule has 0 aromatic carbocycles. The van der Waals surface area contributed by atoms with Gasteiger partial charge in [0.15, 0.2) is 0 Å². The Hall–Kier alpha value is -2.59. The van der Waals surface area contributed by atoms with Crippen molar-refractivity contribution in [1.82, 2.24) is 14.8 Å². The van der Waals surface area contributed by atoms with Gasteiger partial charge >= 0.3 is 11.9 Å². The smallest absolute Gasteiger partial charge is 0.306 e. The number of aliphatic hydroxyl groups excluding tert-OH is 1. The van der Waals surface area contributed by atoms with E-state index in [2.05, 4.69) is 31.0 Å². The van der Waals surface area contributed by atoms with Gasteiger partial charge in [0.2, 0.25) is 0 Å². The zero-order valence-electron chi connectivity index (χ0n) is 42.1. The minimum atomic E-state index is -0.458. The Bertz CT molecular complexity index is 1200. The predicted molar refractivity (Wildman–Crippen MR) is 266 cm³/mol. The number of nitrogens with one attached hydrogen (secondary N) is 1. The minimum Gasteiger partial charge on any atom is -0.505 e. The van der Waals surface area contributed by atoms with Gasteiger partial charge in [0, 0.05) is 39.2 Å². The van der Waals surface area contributed by atoms with Gasteiger partial charge in [-0.15, -0.1) is 0 Å². The molecule has 0 aliphatic rings. The van der Waals surface area contributed by atoms with Crippen LogP contribution in [-0.2, 0) is 26.1 Å². The van der Waals surface area contributed by atoms with Gasteiger partial charge < -0.3 is 34.5 Å². The van der Waals surface area contributed by atoms with E-state index in [9.17, 15) is 24.6 Å². The summed E-state index contributed by atoms with van der Waals surface area (Å²) in [7, 11) is 1.73. The number of aliphatic hydroxyl groups is 1. The second-order valence-corrected chi connectivity index (χ2v) is 19.0. The van der Waals surface area contributed by atoms with Crippen LogP contribution in [0.3, 0.4) is 0 Å². The van der Waals surface area contributed by atoms with E-state index in [1.807, 2.05) is 0 Å². The lowest BCUT2D eigenvalue weighted by Gasteiger charge is -2.25. The Morgan fingerprint density at radius 3 is 1.58 bits per heavy atom. The summed E-state index contributed by atoms with van der Waals surface area (Å²) in [5.41, 5.74) is 0.255. The van der Waals surface area contributed by atoms with Crippen molar-refractivity contribution in [2.45, 2.75) is 264 Å². The number of aromatic hydroxyl groups is 1. The van der Waals surface area contributed by atoms with Crippen LogP contribution in [0.4, 0.5) is 0 Å². The first-order chi connectivity index (χ1) is 31.2. The van der Waals surface area contributed by atoms with Gasteiger partial charge in [0.1, 0.15) is 17.5 Å². The first-order valence-electron chi connectivity index (χ1n) is 27.1. The van der Waals surface area contributed by atoms with Crippen molar-refractivity contribution in [3.63, 3.8) is 0 Å². The van der Waals surface area contributed by atoms with Crippen LogP contribution in [0.1, 0.15) is 262 Å². The molecule has 1 rings (SSSR count). The summed E-state index contributed by atoms with van der Waals surface area (Å²) >= 11 is 0. The first kappa shape index (κ1) is 59.4. The number of esters is 2. The number of nitrogens with zero attached hydrogens (tertiary/aromatic N) is 2. The number of ether oxygens (including phenoxy) is 2. The van der Waals surface area contributed by atoms with E-state index >= 15 is 0 Å². The lowest BCUT2D eigenvalue weighted by Crippen LogP contribution is -2.34. The van der Waals surface area contributed by atoms with Crippen molar-refractivity contribution in [1.29, 1.82) is 0 Å². The van der Waals surface area contributed by atoms with Crippen LogP contribution in [0.15, 0.2) is 12.3 Å². The molecular weight excluding hydrogens is 803 g/mol. The van der Waals surface area contributed by atoms with Crippen molar-refractivity contribution >= 4 is 17.8 Å². The van der Waals surface area contributed by atoms with Gasteiger partial charge in [0.25, 0.3) is 5.91 Å². The third-order valence-electron chi connectivity index (χ3n) is 12.8. The van der Waals surface area contributed by atoms with Crippen molar-refractivity contribution in [2.24, 2.45) is 7.05 Å². The normalized spacial score (nSPS) is 12.0. The summed E-state index contributed by atoms with van der Waals surface area (Å²) in [4.78, 5) is 40.1. The van der Waals surface area contributed by atoms with Crippen LogP contribution in [0.2, 0.25) is 0 Å². The van der Waals surface area contributed by atoms with Gasteiger partial charge in [-0.1, -0.05) is 162 Å². The summed E-state index contributed by atoms with van der Waals surface area (Å²) < 4.78 is 13.2. The molecule has 0 saturated carbocycles. The lowest BCUT2D eigenvalue weighted by molar-refractivity contribution is -0.150. The molecule has 10 heteroatoms. The maximum atomic E-state index is 12.9. The van der Waals surface area contributed by atoms with Crippen molar-refractivity contribution < 1.29 is 34.1 Å². The molecule has 3 N–H and O–H groups in total. The summed E-state index contributed by atoms with van der Waals surface area (Å²) in [5, 5.41) is 23.9. The number of hydrogen-bond donors (Lipinski definition) is 3. The molecule has 64 heavy (non-hydrogen) atoms. The van der Waals surface area contributed by atoms with E-state index in [1.165, 1.54) is 115 Å². The highest BCUT2D eigenvalue weighted by Gasteiger charge is 2.17. The fourth-order valence-corrected chi connectivity index (χ4v) is 8.67. The molecule has 1 aromatic heterocycles. The standard InChI is InChI=1S/C54H101N3O7/c1-5-8-11-14-17-18-19-25-35-46-63-51(60)39-30-26-34-44-57(47-48(58)36-31-32-42-55-54(62)53-50(59)41-45-56(53)4)43-33-24-20-23-29-40-52(61)64-49(37-27-21-15-12-9-6-2)38-28-22-16-13-10-7-3/h41,45,48-49,58-59H,5-40,42-44,46-47H2,1-4H3,(H,55,62). The molecule has 1 heterocycles. The molecule has 1 atom stereocenters. The van der Waals surface area contributed by atoms with Gasteiger partial charge in [-0.05, 0) is 96.2 Å². The molecule has 0 fully saturated rings. The van der Waals surface area contributed by atoms with Crippen LogP contribution in [0, 0.1) is 0 Å². The van der Waals surface area contributed by atoms with E-state index in [-0.39, 0.29) is 35.4 Å². The topological polar surface area (TPSA) is 130 Å². The number of hydrogen-bond acceptors (Lipinski definition) is 8. The number of unbranched alkanes of at least 4 members (excludes halogenated alkanes) is 25. The average Bonchev–Trinajstić information content (AvgIpc) is 3.62. The highest BCUT2D eigenvalue weighted by Crippen LogP contribution is 2.20. The number of carbonyl (C=O) groups is 3. The van der Waals surface area contributed by atoms with Crippen LogP contribution >= 0.6 is 0 Å². The zero-order chi connectivity index (χ0) is 46.7. The molecule has 10 nitrogen and oxygen atoms in total. The monoisotopic (exact) mass is 904 g/mol. The van der Waals surface area contributed by atoms with E-state index < -0.39 is 6.10 Å². The number of aryl methyl sites for hydroxylation is 1. The van der Waals surface area contributed by atoms with E-state index in [1.54, 1.807) is 17.8 Å². The molecule has 0 radical (unpaired) electrons. The molecular formula is C54H101N3O7. The Kier molecular flexibility index (Phi) is 39.9. The van der Waals surface area contributed by atoms with Crippen LogP contribution < -0.4 is 5.32 Å². The number of aromatic nitrogens is 1. The van der Waals surface area contributed by atoms with Crippen LogP contribution in [0.25, 0.3) is 0 Å². The Labute approximate surface area is 393 Å². The minimum absolute atomic E-state index is 0.0213. The third kappa shape index (κ3) is 34.7. The van der Waals surface area contributed by atoms with Crippen molar-refractivity contribution in [3.8, 4) is 5.75 Å². The summed E-state index contributed by atoms with van der Waals surface area (Å²) in [6.07, 6.45) is 40.6. The molecule has 1 unspecified atom stereocenters. The van der Waals surface area contributed by atoms with E-state index in [0.29, 0.717) is 39.0 Å². The highest BCUT2D eigenvalue weighted by molar-refractivity contribution is 5.95. The lowest BCUT2D eigenvalue weighted by atomic mass is 10.0. The maximum absolute atomic E-state index is 12.9. The maximum Gasteiger partial charge on any atom is 0.306 e. The van der Waals surface area contributed by atoms with Gasteiger partial charge in [-0.3, -0.25) is 14.4 Å². The largest absolute Gasteiger partial charge is 0.505 e. The van der Waals surface area contributed by atoms with Crippen molar-refractivity contribution in [3.05, 3.63) is 18.0 Å². The molecule has 1 amide bonds. The second-order valence-electron chi connectivity index (χ2n) is 19.0. The fourth-order valence-electron chi connectivity index (χ4n) is 8.67. The Morgan fingerprint density at radius 2 is 1.05 bits per heavy atom. The summed E-state index contributed by atoms with van der Waals surface area (Å²) in [6, 6.07) is 1.51. The molecule has 1 aromatic rings. The molecule has 0 aliphatic carbocycles. The SMILES string of the molecule is CCCCCCCCCCCOC(=O)CCCCCN(CCCCCCCC(=O)OC(CCCCCCCC)CCCCCCCC)CC(O)CCCCNC(=O)c1c(O)ccn1C. The summed E-state index contributed by atoms with van der Waals surface area (Å²) in [6.45, 7) is 10.2.